The highest BCUT2D eigenvalue weighted by Crippen LogP contribution is 2.40. The minimum atomic E-state index is -0.423. The number of hydrogen-bond donors (Lipinski definition) is 1. The van der Waals surface area contributed by atoms with Crippen LogP contribution in [0.3, 0.4) is 0 Å². The molecule has 0 unspecified atom stereocenters. The van der Waals surface area contributed by atoms with Crippen LogP contribution in [0, 0.1) is 0 Å². The molecule has 0 atom stereocenters. The number of anilines is 1. The van der Waals surface area contributed by atoms with E-state index in [-0.39, 0.29) is 0 Å². The normalized spacial score (nSPS) is 17.4. The number of nitrogens with zero attached hydrogens (tertiary/aromatic N) is 5. The first-order valence-corrected chi connectivity index (χ1v) is 13.7. The average molecular weight is 525 g/mol. The van der Waals surface area contributed by atoms with Crippen LogP contribution in [0.2, 0.25) is 0 Å². The van der Waals surface area contributed by atoms with Crippen molar-refractivity contribution < 1.29 is 14.3 Å². The van der Waals surface area contributed by atoms with Crippen molar-refractivity contribution in [2.45, 2.75) is 13.0 Å². The van der Waals surface area contributed by atoms with E-state index in [0.717, 1.165) is 105 Å². The number of fused-ring (bicyclic) bond motifs is 4. The van der Waals surface area contributed by atoms with Crippen molar-refractivity contribution in [3.05, 3.63) is 65.4 Å². The third-order valence-corrected chi connectivity index (χ3v) is 8.07. The van der Waals surface area contributed by atoms with Gasteiger partial charge in [-0.3, -0.25) is 14.4 Å². The highest BCUT2D eigenvalue weighted by atomic mass is 16.5. The molecule has 2 aromatic heterocycles. The lowest BCUT2D eigenvalue weighted by Crippen LogP contribution is -2.38. The Bertz CT molecular complexity index is 1550. The quantitative estimate of drug-likeness (QED) is 0.365. The second-order valence-corrected chi connectivity index (χ2v) is 10.5. The number of primary amides is 1. The number of nitrogens with two attached hydrogens (primary N) is 1. The van der Waals surface area contributed by atoms with E-state index in [1.807, 2.05) is 22.9 Å². The molecule has 2 aliphatic heterocycles. The molecule has 9 heteroatoms. The summed E-state index contributed by atoms with van der Waals surface area (Å²) in [6.07, 6.45) is 2.74. The lowest BCUT2D eigenvalue weighted by atomic mass is 10.0. The topological polar surface area (TPSA) is 98.7 Å². The predicted molar refractivity (Wildman–Crippen MR) is 150 cm³/mol. The van der Waals surface area contributed by atoms with Crippen molar-refractivity contribution >= 4 is 22.5 Å². The molecule has 200 valence electrons. The summed E-state index contributed by atoms with van der Waals surface area (Å²) in [7, 11) is 0. The summed E-state index contributed by atoms with van der Waals surface area (Å²) < 4.78 is 13.0. The van der Waals surface area contributed by atoms with Crippen molar-refractivity contribution in [3.8, 4) is 22.5 Å². The van der Waals surface area contributed by atoms with E-state index < -0.39 is 5.91 Å². The van der Waals surface area contributed by atoms with Crippen molar-refractivity contribution in [1.29, 1.82) is 0 Å². The maximum atomic E-state index is 12.6. The van der Waals surface area contributed by atoms with Crippen molar-refractivity contribution in [1.82, 2.24) is 19.7 Å². The van der Waals surface area contributed by atoms with E-state index >= 15 is 0 Å². The number of hydrogen-bond acceptors (Lipinski definition) is 7. The molecular formula is C30H32N6O3. The van der Waals surface area contributed by atoms with Gasteiger partial charge < -0.3 is 20.1 Å². The van der Waals surface area contributed by atoms with Crippen molar-refractivity contribution in [2.24, 2.45) is 5.73 Å². The molecule has 3 aliphatic rings. The summed E-state index contributed by atoms with van der Waals surface area (Å²) in [5.74, 6) is -0.423. The van der Waals surface area contributed by atoms with Crippen molar-refractivity contribution in [2.75, 3.05) is 64.1 Å². The first-order valence-electron chi connectivity index (χ1n) is 13.7. The average Bonchev–Trinajstić information content (AvgIpc) is 3.56. The van der Waals surface area contributed by atoms with E-state index in [1.54, 1.807) is 0 Å². The molecule has 7 rings (SSSR count). The number of rotatable bonds is 6. The molecule has 0 spiro atoms. The maximum Gasteiger partial charge on any atom is 0.249 e. The molecule has 4 heterocycles. The number of pyridine rings is 1. The fourth-order valence-corrected chi connectivity index (χ4v) is 5.93. The SMILES string of the molecule is NC(=O)c1cc(-c2ccc3nn(CCN4CCOCC4)cc3c2)nc2c1Cc1cc(N3CCOCC3)ccc1-2. The summed E-state index contributed by atoms with van der Waals surface area (Å²) >= 11 is 0. The van der Waals surface area contributed by atoms with Gasteiger partial charge in [0.2, 0.25) is 5.91 Å². The fraction of sp³-hybridized carbons (Fsp3) is 0.367. The number of ether oxygens (including phenoxy) is 2. The molecule has 0 bridgehead atoms. The Morgan fingerprint density at radius 2 is 1.72 bits per heavy atom. The standard InChI is InChI=1S/C30H32N6O3/c31-30(37)26-18-28(20-1-4-27-22(15-20)19-36(33-27)6-5-34-7-11-38-12-8-34)32-29-24-3-2-23(16-21(24)17-25(26)29)35-9-13-39-14-10-35/h1-4,15-16,18-19H,5-14,17H2,(H2,31,37). The van der Waals surface area contributed by atoms with E-state index in [2.05, 4.69) is 40.3 Å². The molecule has 1 aliphatic carbocycles. The summed E-state index contributed by atoms with van der Waals surface area (Å²) in [4.78, 5) is 22.4. The van der Waals surface area contributed by atoms with Gasteiger partial charge in [0, 0.05) is 73.1 Å². The van der Waals surface area contributed by atoms with Crippen LogP contribution < -0.4 is 10.6 Å². The summed E-state index contributed by atoms with van der Waals surface area (Å²) in [6.45, 7) is 8.55. The van der Waals surface area contributed by atoms with Crippen LogP contribution in [-0.2, 0) is 22.4 Å². The zero-order chi connectivity index (χ0) is 26.3. The highest BCUT2D eigenvalue weighted by Gasteiger charge is 2.27. The Morgan fingerprint density at radius 1 is 0.923 bits per heavy atom. The highest BCUT2D eigenvalue weighted by molar-refractivity contribution is 5.99. The second-order valence-electron chi connectivity index (χ2n) is 10.5. The number of aromatic nitrogens is 3. The van der Waals surface area contributed by atoms with Gasteiger partial charge in [0.1, 0.15) is 0 Å². The zero-order valence-corrected chi connectivity index (χ0v) is 21.9. The lowest BCUT2D eigenvalue weighted by molar-refractivity contribution is 0.0360. The predicted octanol–water partition coefficient (Wildman–Crippen LogP) is 2.94. The number of carbonyl (C=O) groups excluding carboxylic acids is 1. The molecule has 9 nitrogen and oxygen atoms in total. The van der Waals surface area contributed by atoms with E-state index in [0.29, 0.717) is 12.0 Å². The van der Waals surface area contributed by atoms with Gasteiger partial charge in [0.25, 0.3) is 0 Å². The molecular weight excluding hydrogens is 492 g/mol. The van der Waals surface area contributed by atoms with Gasteiger partial charge in [0.15, 0.2) is 0 Å². The summed E-state index contributed by atoms with van der Waals surface area (Å²) in [6, 6.07) is 14.5. The molecule has 4 aromatic rings. The molecule has 0 saturated carbocycles. The van der Waals surface area contributed by atoms with Gasteiger partial charge in [-0.15, -0.1) is 0 Å². The molecule has 2 aromatic carbocycles. The maximum absolute atomic E-state index is 12.6. The molecule has 39 heavy (non-hydrogen) atoms. The Kier molecular flexibility index (Phi) is 6.27. The Hall–Kier alpha value is -3.79. The van der Waals surface area contributed by atoms with Gasteiger partial charge >= 0.3 is 0 Å². The van der Waals surface area contributed by atoms with Gasteiger partial charge in [-0.05, 0) is 41.5 Å². The summed E-state index contributed by atoms with van der Waals surface area (Å²) in [5.41, 5.74) is 14.3. The van der Waals surface area contributed by atoms with E-state index in [1.165, 1.54) is 11.3 Å². The van der Waals surface area contributed by atoms with Gasteiger partial charge in [-0.1, -0.05) is 12.1 Å². The largest absolute Gasteiger partial charge is 0.379 e. The smallest absolute Gasteiger partial charge is 0.249 e. The second kappa shape index (κ2) is 10.1. The minimum Gasteiger partial charge on any atom is -0.379 e. The third kappa shape index (κ3) is 4.67. The molecule has 2 N–H and O–H groups in total. The first kappa shape index (κ1) is 24.3. The van der Waals surface area contributed by atoms with Crippen LogP contribution in [0.1, 0.15) is 21.5 Å². The Labute approximate surface area is 227 Å². The third-order valence-electron chi connectivity index (χ3n) is 8.07. The van der Waals surface area contributed by atoms with Crippen LogP contribution >= 0.6 is 0 Å². The van der Waals surface area contributed by atoms with Gasteiger partial charge in [0.05, 0.1) is 49.9 Å². The fourth-order valence-electron chi connectivity index (χ4n) is 5.93. The number of carbonyl (C=O) groups is 1. The molecule has 0 radical (unpaired) electrons. The van der Waals surface area contributed by atoms with Crippen LogP contribution in [-0.4, -0.2) is 84.7 Å². The summed E-state index contributed by atoms with van der Waals surface area (Å²) in [5, 5.41) is 5.81. The van der Waals surface area contributed by atoms with Crippen LogP contribution in [0.4, 0.5) is 5.69 Å². The van der Waals surface area contributed by atoms with Gasteiger partial charge in [-0.25, -0.2) is 4.98 Å². The van der Waals surface area contributed by atoms with E-state index in [9.17, 15) is 4.79 Å². The minimum absolute atomic E-state index is 0.423. The number of benzene rings is 2. The van der Waals surface area contributed by atoms with Crippen LogP contribution in [0.5, 0.6) is 0 Å². The van der Waals surface area contributed by atoms with Crippen LogP contribution in [0.15, 0.2) is 48.7 Å². The zero-order valence-electron chi connectivity index (χ0n) is 21.9. The molecule has 2 saturated heterocycles. The Morgan fingerprint density at radius 3 is 2.51 bits per heavy atom. The number of morpholine rings is 2. The van der Waals surface area contributed by atoms with Crippen molar-refractivity contribution in [3.63, 3.8) is 0 Å². The Balaban J connectivity index is 1.19. The number of amides is 1. The van der Waals surface area contributed by atoms with Crippen LogP contribution in [0.25, 0.3) is 33.4 Å². The van der Waals surface area contributed by atoms with Gasteiger partial charge in [-0.2, -0.15) is 5.10 Å². The molecule has 1 amide bonds. The van der Waals surface area contributed by atoms with E-state index in [4.69, 9.17) is 25.3 Å². The first-order chi connectivity index (χ1) is 19.1. The molecule has 2 fully saturated rings. The monoisotopic (exact) mass is 524 g/mol. The lowest BCUT2D eigenvalue weighted by Gasteiger charge is -2.29.